The summed E-state index contributed by atoms with van der Waals surface area (Å²) in [6.07, 6.45) is 2.15. The number of hydrogen-bond donors (Lipinski definition) is 1. The lowest BCUT2D eigenvalue weighted by molar-refractivity contribution is -0.119. The number of anilines is 1. The Labute approximate surface area is 133 Å². The minimum absolute atomic E-state index is 0.119. The number of carbonyl (C=O) groups is 2. The van der Waals surface area contributed by atoms with Gasteiger partial charge in [0.15, 0.2) is 0 Å². The summed E-state index contributed by atoms with van der Waals surface area (Å²) in [5.74, 6) is 0.264. The van der Waals surface area contributed by atoms with Crippen molar-refractivity contribution in [1.29, 1.82) is 0 Å². The molecule has 1 N–H and O–H groups in total. The summed E-state index contributed by atoms with van der Waals surface area (Å²) in [4.78, 5) is 24.4. The Kier molecular flexibility index (Phi) is 4.23. The molecule has 0 saturated carbocycles. The van der Waals surface area contributed by atoms with Crippen LogP contribution >= 0.6 is 0 Å². The van der Waals surface area contributed by atoms with Gasteiger partial charge in [0.25, 0.3) is 5.91 Å². The quantitative estimate of drug-likeness (QED) is 0.943. The molecule has 6 heteroatoms. The highest BCUT2D eigenvalue weighted by atomic mass is 16.3. The van der Waals surface area contributed by atoms with E-state index in [1.807, 2.05) is 25.1 Å². The molecule has 1 unspecified atom stereocenters. The van der Waals surface area contributed by atoms with Crippen molar-refractivity contribution < 1.29 is 14.0 Å². The molecule has 2 heterocycles. The van der Waals surface area contributed by atoms with E-state index in [9.17, 15) is 9.59 Å². The summed E-state index contributed by atoms with van der Waals surface area (Å²) in [6, 6.07) is 12.4. The zero-order valence-corrected chi connectivity index (χ0v) is 12.7. The average Bonchev–Trinajstić information content (AvgIpc) is 3.10. The first-order valence-corrected chi connectivity index (χ1v) is 7.45. The van der Waals surface area contributed by atoms with Gasteiger partial charge in [0.1, 0.15) is 11.5 Å². The Balaban J connectivity index is 1.76. The number of carbonyl (C=O) groups excluding carboxylic acids is 2. The van der Waals surface area contributed by atoms with Crippen molar-refractivity contribution in [3.8, 4) is 0 Å². The third kappa shape index (κ3) is 3.31. The second-order valence-corrected chi connectivity index (χ2v) is 5.30. The number of rotatable bonds is 4. The van der Waals surface area contributed by atoms with Gasteiger partial charge < -0.3 is 9.73 Å². The molecule has 23 heavy (non-hydrogen) atoms. The third-order valence-corrected chi connectivity index (χ3v) is 3.61. The molecule has 0 bridgehead atoms. The van der Waals surface area contributed by atoms with Crippen molar-refractivity contribution in [3.05, 3.63) is 54.5 Å². The third-order valence-electron chi connectivity index (χ3n) is 3.61. The minimum Gasteiger partial charge on any atom is -0.467 e. The number of para-hydroxylation sites is 1. The predicted molar refractivity (Wildman–Crippen MR) is 85.9 cm³/mol. The smallest absolute Gasteiger partial charge is 0.268 e. The topological polar surface area (TPSA) is 74.9 Å². The molecule has 0 fully saturated rings. The van der Waals surface area contributed by atoms with Crippen LogP contribution in [0.4, 0.5) is 5.69 Å². The van der Waals surface area contributed by atoms with Crippen LogP contribution in [0.25, 0.3) is 0 Å². The molecular weight excluding hydrogens is 294 g/mol. The van der Waals surface area contributed by atoms with Crippen molar-refractivity contribution in [3.63, 3.8) is 0 Å². The highest BCUT2D eigenvalue weighted by molar-refractivity contribution is 6.40. The van der Waals surface area contributed by atoms with Gasteiger partial charge in [-0.1, -0.05) is 18.2 Å². The van der Waals surface area contributed by atoms with Crippen LogP contribution in [0, 0.1) is 0 Å². The van der Waals surface area contributed by atoms with Crippen LogP contribution in [0.1, 0.15) is 31.6 Å². The SMILES string of the molecule is CC(NC(=O)C1=NN(c2ccccc2)C(=O)CC1)c1ccco1. The normalized spacial score (nSPS) is 16.0. The number of furan rings is 1. The van der Waals surface area contributed by atoms with Gasteiger partial charge in [0, 0.05) is 12.8 Å². The number of hydrazone groups is 1. The molecule has 1 aromatic carbocycles. The highest BCUT2D eigenvalue weighted by Gasteiger charge is 2.26. The van der Waals surface area contributed by atoms with E-state index in [0.29, 0.717) is 23.6 Å². The Morgan fingerprint density at radius 3 is 2.70 bits per heavy atom. The number of nitrogens with zero attached hydrogens (tertiary/aromatic N) is 2. The molecule has 3 rings (SSSR count). The van der Waals surface area contributed by atoms with Crippen LogP contribution in [0.2, 0.25) is 0 Å². The molecule has 6 nitrogen and oxygen atoms in total. The molecule has 1 atom stereocenters. The molecular formula is C17H17N3O3. The highest BCUT2D eigenvalue weighted by Crippen LogP contribution is 2.20. The molecule has 1 aliphatic rings. The van der Waals surface area contributed by atoms with E-state index >= 15 is 0 Å². The molecule has 118 valence electrons. The lowest BCUT2D eigenvalue weighted by Crippen LogP contribution is -2.39. The van der Waals surface area contributed by atoms with Crippen LogP contribution in [-0.4, -0.2) is 17.5 Å². The predicted octanol–water partition coefficient (Wildman–Crippen LogP) is 2.64. The number of benzene rings is 1. The van der Waals surface area contributed by atoms with Gasteiger partial charge in [-0.15, -0.1) is 0 Å². The van der Waals surface area contributed by atoms with E-state index in [-0.39, 0.29) is 24.3 Å². The fraction of sp³-hybridized carbons (Fsp3) is 0.235. The van der Waals surface area contributed by atoms with Crippen LogP contribution < -0.4 is 10.3 Å². The van der Waals surface area contributed by atoms with Gasteiger partial charge >= 0.3 is 0 Å². The summed E-state index contributed by atoms with van der Waals surface area (Å²) < 4.78 is 5.27. The number of amides is 2. The summed E-state index contributed by atoms with van der Waals surface area (Å²) in [5, 5.41) is 8.35. The monoisotopic (exact) mass is 311 g/mol. The minimum atomic E-state index is -0.290. The van der Waals surface area contributed by atoms with E-state index in [4.69, 9.17) is 4.42 Å². The van der Waals surface area contributed by atoms with Crippen molar-refractivity contribution in [2.75, 3.05) is 5.01 Å². The van der Waals surface area contributed by atoms with Crippen LogP contribution in [0.5, 0.6) is 0 Å². The molecule has 1 aromatic heterocycles. The second-order valence-electron chi connectivity index (χ2n) is 5.30. The molecule has 0 aliphatic carbocycles. The Hall–Kier alpha value is -2.89. The summed E-state index contributed by atoms with van der Waals surface area (Å²) in [6.45, 7) is 1.83. The first-order chi connectivity index (χ1) is 11.1. The molecule has 0 spiro atoms. The van der Waals surface area contributed by atoms with E-state index < -0.39 is 0 Å². The van der Waals surface area contributed by atoms with E-state index in [1.165, 1.54) is 5.01 Å². The van der Waals surface area contributed by atoms with Gasteiger partial charge in [-0.3, -0.25) is 9.59 Å². The van der Waals surface area contributed by atoms with Crippen molar-refractivity contribution >= 4 is 23.2 Å². The van der Waals surface area contributed by atoms with Crippen LogP contribution in [-0.2, 0) is 9.59 Å². The lowest BCUT2D eigenvalue weighted by Gasteiger charge is -2.23. The first-order valence-electron chi connectivity index (χ1n) is 7.45. The van der Waals surface area contributed by atoms with Crippen LogP contribution in [0.15, 0.2) is 58.2 Å². The molecule has 0 saturated heterocycles. The standard InChI is InChI=1S/C17H17N3O3/c1-12(15-8-5-11-23-15)18-17(22)14-9-10-16(21)20(19-14)13-6-3-2-4-7-13/h2-8,11-12H,9-10H2,1H3,(H,18,22). The number of nitrogens with one attached hydrogen (secondary N) is 1. The Morgan fingerprint density at radius 2 is 2.00 bits per heavy atom. The molecule has 0 radical (unpaired) electrons. The van der Waals surface area contributed by atoms with Gasteiger partial charge in [0.2, 0.25) is 5.91 Å². The van der Waals surface area contributed by atoms with E-state index in [1.54, 1.807) is 30.5 Å². The maximum Gasteiger partial charge on any atom is 0.268 e. The zero-order chi connectivity index (χ0) is 16.2. The van der Waals surface area contributed by atoms with E-state index in [0.717, 1.165) is 0 Å². The average molecular weight is 311 g/mol. The Bertz CT molecular complexity index is 723. The van der Waals surface area contributed by atoms with Gasteiger partial charge in [-0.05, 0) is 31.2 Å². The van der Waals surface area contributed by atoms with Crippen molar-refractivity contribution in [2.24, 2.45) is 5.10 Å². The number of hydrogen-bond acceptors (Lipinski definition) is 4. The molecule has 2 aromatic rings. The lowest BCUT2D eigenvalue weighted by atomic mass is 10.1. The van der Waals surface area contributed by atoms with Gasteiger partial charge in [0.05, 0.1) is 18.0 Å². The summed E-state index contributed by atoms with van der Waals surface area (Å²) in [7, 11) is 0. The summed E-state index contributed by atoms with van der Waals surface area (Å²) >= 11 is 0. The first kappa shape index (κ1) is 15.0. The van der Waals surface area contributed by atoms with E-state index in [2.05, 4.69) is 10.4 Å². The van der Waals surface area contributed by atoms with Crippen molar-refractivity contribution in [1.82, 2.24) is 5.32 Å². The van der Waals surface area contributed by atoms with Crippen LogP contribution in [0.3, 0.4) is 0 Å². The maximum absolute atomic E-state index is 12.4. The summed E-state index contributed by atoms with van der Waals surface area (Å²) in [5.41, 5.74) is 0.994. The Morgan fingerprint density at radius 1 is 1.22 bits per heavy atom. The fourth-order valence-corrected chi connectivity index (χ4v) is 2.38. The van der Waals surface area contributed by atoms with Gasteiger partial charge in [-0.25, -0.2) is 5.01 Å². The molecule has 1 aliphatic heterocycles. The second kappa shape index (κ2) is 6.48. The van der Waals surface area contributed by atoms with Gasteiger partial charge in [-0.2, -0.15) is 5.10 Å². The molecule has 2 amide bonds. The van der Waals surface area contributed by atoms with Crippen molar-refractivity contribution in [2.45, 2.75) is 25.8 Å². The maximum atomic E-state index is 12.4. The zero-order valence-electron chi connectivity index (χ0n) is 12.7. The fourth-order valence-electron chi connectivity index (χ4n) is 2.38. The largest absolute Gasteiger partial charge is 0.467 e.